The van der Waals surface area contributed by atoms with E-state index in [4.69, 9.17) is 4.74 Å². The Morgan fingerprint density at radius 1 is 0.781 bits per heavy atom. The molecule has 4 heteroatoms. The number of rotatable bonds is 8. The first kappa shape index (κ1) is 29.6. The number of aromatic hydroxyl groups is 1. The molecule has 0 saturated carbocycles. The summed E-state index contributed by atoms with van der Waals surface area (Å²) in [6.07, 6.45) is 0.904. The number of ether oxygens (including phenoxy) is 1. The summed E-state index contributed by atoms with van der Waals surface area (Å²) in [7, 11) is 4.08. The molecule has 170 valence electrons. The van der Waals surface area contributed by atoms with Gasteiger partial charge in [-0.05, 0) is 72.6 Å². The Kier molecular flexibility index (Phi) is 13.6. The number of allylic oxidation sites excluding steroid dienone is 1. The van der Waals surface area contributed by atoms with Gasteiger partial charge in [-0.3, -0.25) is 0 Å². The zero-order chi connectivity index (χ0) is 20.6. The maximum absolute atomic E-state index is 9.74. The SMILES string of the molecule is CC/C(=C(\c1ccc(O)cc1)c1ccc(OCCN(C)C)cc1)c1ccccc1.[CH3-].[CH3-].[W+2]. The van der Waals surface area contributed by atoms with E-state index in [0.717, 1.165) is 29.8 Å². The first-order chi connectivity index (χ1) is 14.1. The van der Waals surface area contributed by atoms with E-state index in [1.165, 1.54) is 16.7 Å². The molecule has 3 rings (SSSR count). The van der Waals surface area contributed by atoms with Crippen LogP contribution in [0.1, 0.15) is 30.0 Å². The third kappa shape index (κ3) is 7.97. The average Bonchev–Trinajstić information content (AvgIpc) is 2.74. The molecule has 0 spiro atoms. The first-order valence-electron chi connectivity index (χ1n) is 10.0. The molecule has 1 N–H and O–H groups in total. The second kappa shape index (κ2) is 14.7. The summed E-state index contributed by atoms with van der Waals surface area (Å²) in [5.41, 5.74) is 5.89. The van der Waals surface area contributed by atoms with Crippen molar-refractivity contribution in [2.24, 2.45) is 0 Å². The molecule has 3 aromatic carbocycles. The van der Waals surface area contributed by atoms with E-state index in [1.807, 2.05) is 44.4 Å². The summed E-state index contributed by atoms with van der Waals surface area (Å²) in [6, 6.07) is 26.2. The average molecular weight is 601 g/mol. The maximum atomic E-state index is 9.74. The Morgan fingerprint density at radius 3 is 1.81 bits per heavy atom. The minimum Gasteiger partial charge on any atom is -0.508 e. The Hall–Kier alpha value is -2.35. The van der Waals surface area contributed by atoms with Crippen molar-refractivity contribution in [3.05, 3.63) is 110 Å². The molecule has 0 atom stereocenters. The minimum absolute atomic E-state index is 0. The van der Waals surface area contributed by atoms with Gasteiger partial charge in [-0.15, -0.1) is 0 Å². The van der Waals surface area contributed by atoms with Crippen molar-refractivity contribution >= 4 is 11.1 Å². The van der Waals surface area contributed by atoms with Gasteiger partial charge in [0.15, 0.2) is 0 Å². The molecular formula is C28H35NO2W. The van der Waals surface area contributed by atoms with E-state index >= 15 is 0 Å². The molecule has 0 aliphatic heterocycles. The molecular weight excluding hydrogens is 566 g/mol. The second-order valence-electron chi connectivity index (χ2n) is 7.30. The molecule has 0 aliphatic carbocycles. The number of benzene rings is 3. The van der Waals surface area contributed by atoms with Crippen LogP contribution < -0.4 is 4.74 Å². The summed E-state index contributed by atoms with van der Waals surface area (Å²) in [4.78, 5) is 2.10. The van der Waals surface area contributed by atoms with Crippen molar-refractivity contribution in [3.63, 3.8) is 0 Å². The molecule has 0 radical (unpaired) electrons. The molecule has 0 bridgehead atoms. The largest absolute Gasteiger partial charge is 2.00 e. The molecule has 0 aliphatic rings. The summed E-state index contributed by atoms with van der Waals surface area (Å²) in [5.74, 6) is 1.15. The number of hydrogen-bond acceptors (Lipinski definition) is 3. The van der Waals surface area contributed by atoms with Crippen molar-refractivity contribution in [2.45, 2.75) is 13.3 Å². The molecule has 3 aromatic rings. The smallest absolute Gasteiger partial charge is 0.508 e. The third-order valence-corrected chi connectivity index (χ3v) is 4.88. The van der Waals surface area contributed by atoms with Crippen molar-refractivity contribution in [1.29, 1.82) is 0 Å². The first-order valence-corrected chi connectivity index (χ1v) is 10.0. The molecule has 0 saturated heterocycles. The van der Waals surface area contributed by atoms with E-state index in [9.17, 15) is 5.11 Å². The van der Waals surface area contributed by atoms with Crippen molar-refractivity contribution in [1.82, 2.24) is 4.90 Å². The standard InChI is InChI=1S/C26H29NO2.2CH3.W/c1-4-25(20-8-6-5-7-9-20)26(21-10-14-23(28)15-11-21)22-12-16-24(17-13-22)29-19-18-27(2)3;;;/h5-17,28H,4,18-19H2,1-3H3;2*1H3;/q;2*-1;+2/b26-25-;;;. The fourth-order valence-electron chi connectivity index (χ4n) is 3.37. The minimum atomic E-state index is 0. The summed E-state index contributed by atoms with van der Waals surface area (Å²) in [6.45, 7) is 3.73. The van der Waals surface area contributed by atoms with Gasteiger partial charge in [0.2, 0.25) is 0 Å². The van der Waals surface area contributed by atoms with E-state index < -0.39 is 0 Å². The van der Waals surface area contributed by atoms with Crippen LogP contribution in [0.15, 0.2) is 78.9 Å². The molecule has 32 heavy (non-hydrogen) atoms. The van der Waals surface area contributed by atoms with E-state index in [-0.39, 0.29) is 41.7 Å². The van der Waals surface area contributed by atoms with Crippen LogP contribution in [0, 0.1) is 14.9 Å². The van der Waals surface area contributed by atoms with Gasteiger partial charge in [0.25, 0.3) is 0 Å². The van der Waals surface area contributed by atoms with Gasteiger partial charge in [-0.2, -0.15) is 0 Å². The van der Waals surface area contributed by atoms with Gasteiger partial charge in [-0.1, -0.05) is 61.5 Å². The van der Waals surface area contributed by atoms with Crippen molar-refractivity contribution in [3.8, 4) is 11.5 Å². The zero-order valence-electron chi connectivity index (χ0n) is 19.8. The second-order valence-corrected chi connectivity index (χ2v) is 7.30. The van der Waals surface area contributed by atoms with Crippen molar-refractivity contribution in [2.75, 3.05) is 27.2 Å². The third-order valence-electron chi connectivity index (χ3n) is 4.88. The van der Waals surface area contributed by atoms with Gasteiger partial charge in [0.1, 0.15) is 18.1 Å². The number of likely N-dealkylation sites (N-methyl/N-ethyl adjacent to an activating group) is 1. The fraction of sp³-hybridized carbons (Fsp3) is 0.214. The van der Waals surface area contributed by atoms with Crippen LogP contribution in [-0.4, -0.2) is 37.3 Å². The van der Waals surface area contributed by atoms with Crippen LogP contribution in [0.2, 0.25) is 0 Å². The molecule has 0 heterocycles. The van der Waals surface area contributed by atoms with Gasteiger partial charge in [-0.25, -0.2) is 0 Å². The Bertz CT molecular complexity index is 933. The topological polar surface area (TPSA) is 32.7 Å². The summed E-state index contributed by atoms with van der Waals surface area (Å²) in [5, 5.41) is 9.74. The van der Waals surface area contributed by atoms with E-state index in [0.29, 0.717) is 6.61 Å². The molecule has 0 amide bonds. The number of phenolic OH excluding ortho intramolecular Hbond substituents is 1. The predicted molar refractivity (Wildman–Crippen MR) is 134 cm³/mol. The molecule has 0 aromatic heterocycles. The van der Waals surface area contributed by atoms with Gasteiger partial charge in [0, 0.05) is 6.54 Å². The normalized spacial score (nSPS) is 10.9. The Morgan fingerprint density at radius 2 is 1.31 bits per heavy atom. The Balaban J connectivity index is 0.00000320. The fourth-order valence-corrected chi connectivity index (χ4v) is 3.37. The van der Waals surface area contributed by atoms with Crippen LogP contribution in [0.5, 0.6) is 11.5 Å². The molecule has 0 unspecified atom stereocenters. The van der Waals surface area contributed by atoms with Crippen LogP contribution in [0.4, 0.5) is 0 Å². The zero-order valence-corrected chi connectivity index (χ0v) is 22.8. The van der Waals surface area contributed by atoms with E-state index in [2.05, 4.69) is 48.2 Å². The number of hydrogen-bond donors (Lipinski definition) is 1. The number of phenols is 1. The van der Waals surface area contributed by atoms with Crippen LogP contribution >= 0.6 is 0 Å². The van der Waals surface area contributed by atoms with Crippen LogP contribution in [0.25, 0.3) is 11.1 Å². The number of nitrogens with zero attached hydrogens (tertiary/aromatic N) is 1. The monoisotopic (exact) mass is 601 g/mol. The summed E-state index contributed by atoms with van der Waals surface area (Å²) >= 11 is 0. The van der Waals surface area contributed by atoms with Gasteiger partial charge in [0.05, 0.1) is 0 Å². The Labute approximate surface area is 209 Å². The van der Waals surface area contributed by atoms with Gasteiger partial charge < -0.3 is 29.6 Å². The molecule has 0 fully saturated rings. The van der Waals surface area contributed by atoms with Crippen LogP contribution in [0.3, 0.4) is 0 Å². The maximum Gasteiger partial charge on any atom is 2.00 e. The molecule has 3 nitrogen and oxygen atoms in total. The van der Waals surface area contributed by atoms with Crippen LogP contribution in [-0.2, 0) is 21.1 Å². The summed E-state index contributed by atoms with van der Waals surface area (Å²) < 4.78 is 5.85. The van der Waals surface area contributed by atoms with Crippen molar-refractivity contribution < 1.29 is 30.9 Å². The predicted octanol–water partition coefficient (Wildman–Crippen LogP) is 6.60. The quantitative estimate of drug-likeness (QED) is 0.234. The van der Waals surface area contributed by atoms with Gasteiger partial charge >= 0.3 is 21.1 Å². The van der Waals surface area contributed by atoms with E-state index in [1.54, 1.807) is 12.1 Å².